The van der Waals surface area contributed by atoms with Crippen LogP contribution in [0.1, 0.15) is 86.5 Å². The van der Waals surface area contributed by atoms with E-state index >= 15 is 0 Å². The summed E-state index contributed by atoms with van der Waals surface area (Å²) in [7, 11) is 1.87. The summed E-state index contributed by atoms with van der Waals surface area (Å²) < 4.78 is 1.80. The van der Waals surface area contributed by atoms with Crippen LogP contribution in [0.4, 0.5) is 0 Å². The quantitative estimate of drug-likeness (QED) is 0.569. The van der Waals surface area contributed by atoms with Gasteiger partial charge in [-0.1, -0.05) is 6.42 Å². The van der Waals surface area contributed by atoms with Crippen molar-refractivity contribution in [2.75, 3.05) is 39.3 Å². The van der Waals surface area contributed by atoms with Crippen LogP contribution in [-0.4, -0.2) is 87.5 Å². The Labute approximate surface area is 209 Å². The topological polar surface area (TPSA) is 90.8 Å². The van der Waals surface area contributed by atoms with Gasteiger partial charge in [0.25, 0.3) is 5.91 Å². The molecule has 0 spiro atoms. The number of aryl methyl sites for hydroxylation is 1. The minimum absolute atomic E-state index is 0.0193. The van der Waals surface area contributed by atoms with Gasteiger partial charge in [-0.25, -0.2) is 0 Å². The van der Waals surface area contributed by atoms with Crippen LogP contribution in [0.25, 0.3) is 0 Å². The molecule has 3 aliphatic rings. The predicted molar refractivity (Wildman–Crippen MR) is 134 cm³/mol. The van der Waals surface area contributed by atoms with E-state index in [1.54, 1.807) is 9.58 Å². The van der Waals surface area contributed by atoms with Crippen LogP contribution in [-0.2, 0) is 29.6 Å². The summed E-state index contributed by atoms with van der Waals surface area (Å²) in [5, 5.41) is 7.51. The number of rotatable bonds is 8. The molecule has 0 radical (unpaired) electrons. The number of nitrogens with zero attached hydrogens (tertiary/aromatic N) is 5. The van der Waals surface area contributed by atoms with Crippen molar-refractivity contribution in [3.8, 4) is 0 Å². The van der Waals surface area contributed by atoms with Crippen LogP contribution in [0.3, 0.4) is 0 Å². The second kappa shape index (κ2) is 12.0. The second-order valence-electron chi connectivity index (χ2n) is 10.4. The van der Waals surface area contributed by atoms with E-state index in [9.17, 15) is 14.4 Å². The third-order valence-electron chi connectivity index (χ3n) is 7.89. The van der Waals surface area contributed by atoms with Crippen molar-refractivity contribution in [2.45, 2.75) is 83.7 Å². The predicted octanol–water partition coefficient (Wildman–Crippen LogP) is 2.09. The fourth-order valence-corrected chi connectivity index (χ4v) is 5.69. The molecule has 2 saturated heterocycles. The highest BCUT2D eigenvalue weighted by Crippen LogP contribution is 2.25. The molecule has 1 aromatic heterocycles. The van der Waals surface area contributed by atoms with Crippen LogP contribution in [0.15, 0.2) is 0 Å². The molecule has 1 unspecified atom stereocenters. The van der Waals surface area contributed by atoms with E-state index in [-0.39, 0.29) is 30.6 Å². The van der Waals surface area contributed by atoms with E-state index in [1.165, 1.54) is 19.3 Å². The summed E-state index contributed by atoms with van der Waals surface area (Å²) in [4.78, 5) is 44.5. The van der Waals surface area contributed by atoms with E-state index in [0.717, 1.165) is 63.1 Å². The highest BCUT2D eigenvalue weighted by molar-refractivity contribution is 5.94. The Morgan fingerprint density at radius 2 is 1.74 bits per heavy atom. The van der Waals surface area contributed by atoms with Gasteiger partial charge in [-0.2, -0.15) is 5.10 Å². The summed E-state index contributed by atoms with van der Waals surface area (Å²) in [5.74, 6) is -0.118. The van der Waals surface area contributed by atoms with Gasteiger partial charge < -0.3 is 20.0 Å². The summed E-state index contributed by atoms with van der Waals surface area (Å²) in [6.07, 6.45) is 9.09. The Morgan fingerprint density at radius 1 is 0.971 bits per heavy atom. The molecule has 0 aromatic carbocycles. The van der Waals surface area contributed by atoms with Crippen LogP contribution in [0.5, 0.6) is 0 Å². The molecule has 0 aliphatic carbocycles. The molecular formula is C26H42N6O3. The van der Waals surface area contributed by atoms with Crippen molar-refractivity contribution in [1.29, 1.82) is 0 Å². The van der Waals surface area contributed by atoms with E-state index < -0.39 is 0 Å². The van der Waals surface area contributed by atoms with Gasteiger partial charge in [0.2, 0.25) is 11.8 Å². The molecule has 3 amide bonds. The maximum Gasteiger partial charge on any atom is 0.274 e. The fraction of sp³-hybridized carbons (Fsp3) is 0.769. The number of aromatic nitrogens is 2. The maximum absolute atomic E-state index is 13.1. The van der Waals surface area contributed by atoms with E-state index in [4.69, 9.17) is 0 Å². The number of hydrogen-bond donors (Lipinski definition) is 1. The Balaban J connectivity index is 1.22. The lowest BCUT2D eigenvalue weighted by atomic mass is 10.0. The molecule has 1 atom stereocenters. The summed E-state index contributed by atoms with van der Waals surface area (Å²) >= 11 is 0. The lowest BCUT2D eigenvalue weighted by Crippen LogP contribution is -2.40. The number of carbonyl (C=O) groups excluding carboxylic acids is 3. The van der Waals surface area contributed by atoms with Gasteiger partial charge in [0.1, 0.15) is 0 Å². The van der Waals surface area contributed by atoms with Crippen molar-refractivity contribution in [2.24, 2.45) is 7.05 Å². The first-order valence-corrected chi connectivity index (χ1v) is 13.6. The van der Waals surface area contributed by atoms with Crippen molar-refractivity contribution in [3.05, 3.63) is 17.0 Å². The SMILES string of the molecule is CC1CCCCN1CCCNC(=O)CCC(=O)N1CCc2c(c(C(=O)N3CCCCC3)nn2C)C1. The molecule has 4 heterocycles. The first-order valence-electron chi connectivity index (χ1n) is 13.6. The molecule has 194 valence electrons. The average molecular weight is 487 g/mol. The molecule has 2 fully saturated rings. The zero-order valence-electron chi connectivity index (χ0n) is 21.6. The smallest absolute Gasteiger partial charge is 0.274 e. The number of likely N-dealkylation sites (tertiary alicyclic amines) is 2. The number of piperidine rings is 2. The van der Waals surface area contributed by atoms with Gasteiger partial charge in [0.05, 0.1) is 0 Å². The van der Waals surface area contributed by atoms with Gasteiger partial charge in [-0.3, -0.25) is 19.1 Å². The zero-order valence-corrected chi connectivity index (χ0v) is 21.6. The van der Waals surface area contributed by atoms with Crippen molar-refractivity contribution < 1.29 is 14.4 Å². The van der Waals surface area contributed by atoms with Gasteiger partial charge >= 0.3 is 0 Å². The molecule has 0 bridgehead atoms. The van der Waals surface area contributed by atoms with Crippen LogP contribution in [0, 0.1) is 0 Å². The van der Waals surface area contributed by atoms with Gasteiger partial charge in [0.15, 0.2) is 5.69 Å². The third-order valence-corrected chi connectivity index (χ3v) is 7.89. The average Bonchev–Trinajstić information content (AvgIpc) is 3.21. The highest BCUT2D eigenvalue weighted by Gasteiger charge is 2.31. The largest absolute Gasteiger partial charge is 0.356 e. The standard InChI is InChI=1S/C26H42N6O3/c1-20-9-4-7-14-30(20)17-8-13-27-23(33)10-11-24(34)32-18-12-22-21(19-32)25(28-29(22)2)26(35)31-15-5-3-6-16-31/h20H,3-19H2,1-2H3,(H,27,33). The first kappa shape index (κ1) is 25.7. The molecule has 3 aliphatic heterocycles. The van der Waals surface area contributed by atoms with Gasteiger partial charge in [0, 0.05) is 82.9 Å². The highest BCUT2D eigenvalue weighted by atomic mass is 16.2. The molecular weight excluding hydrogens is 444 g/mol. The molecule has 1 N–H and O–H groups in total. The third kappa shape index (κ3) is 6.42. The number of carbonyl (C=O) groups is 3. The monoisotopic (exact) mass is 486 g/mol. The Hall–Kier alpha value is -2.42. The van der Waals surface area contributed by atoms with Gasteiger partial charge in [-0.05, 0) is 52.0 Å². The minimum Gasteiger partial charge on any atom is -0.356 e. The fourth-order valence-electron chi connectivity index (χ4n) is 5.69. The minimum atomic E-state index is -0.0647. The Bertz CT molecular complexity index is 907. The van der Waals surface area contributed by atoms with Crippen molar-refractivity contribution in [1.82, 2.24) is 29.8 Å². The molecule has 0 saturated carbocycles. The molecule has 9 heteroatoms. The van der Waals surface area contributed by atoms with Crippen molar-refractivity contribution in [3.63, 3.8) is 0 Å². The van der Waals surface area contributed by atoms with Crippen LogP contribution >= 0.6 is 0 Å². The summed E-state index contributed by atoms with van der Waals surface area (Å²) in [6.45, 7) is 7.65. The molecule has 1 aromatic rings. The maximum atomic E-state index is 13.1. The summed E-state index contributed by atoms with van der Waals surface area (Å²) in [6, 6.07) is 0.637. The van der Waals surface area contributed by atoms with E-state index in [2.05, 4.69) is 22.2 Å². The second-order valence-corrected chi connectivity index (χ2v) is 10.4. The molecule has 4 rings (SSSR count). The van der Waals surface area contributed by atoms with Crippen LogP contribution in [0.2, 0.25) is 0 Å². The zero-order chi connectivity index (χ0) is 24.8. The normalized spacial score (nSPS) is 21.0. The number of hydrogen-bond acceptors (Lipinski definition) is 5. The lowest BCUT2D eigenvalue weighted by molar-refractivity contribution is -0.134. The number of nitrogens with one attached hydrogen (secondary N) is 1. The molecule has 35 heavy (non-hydrogen) atoms. The Morgan fingerprint density at radius 3 is 2.51 bits per heavy atom. The lowest BCUT2D eigenvalue weighted by Gasteiger charge is -2.33. The Kier molecular flexibility index (Phi) is 8.81. The number of amides is 3. The number of fused-ring (bicyclic) bond motifs is 1. The van der Waals surface area contributed by atoms with E-state index in [1.807, 2.05) is 11.9 Å². The van der Waals surface area contributed by atoms with Crippen molar-refractivity contribution >= 4 is 17.7 Å². The first-order chi connectivity index (χ1) is 16.9. The molecule has 9 nitrogen and oxygen atoms in total. The summed E-state index contributed by atoms with van der Waals surface area (Å²) in [5.41, 5.74) is 2.40. The van der Waals surface area contributed by atoms with Gasteiger partial charge in [-0.15, -0.1) is 0 Å². The van der Waals surface area contributed by atoms with E-state index in [0.29, 0.717) is 37.8 Å². The van der Waals surface area contributed by atoms with Crippen LogP contribution < -0.4 is 5.32 Å².